The minimum absolute atomic E-state index is 0.130. The largest absolute Gasteiger partial charge is 0.481 e. The van der Waals surface area contributed by atoms with Gasteiger partial charge in [-0.1, -0.05) is 109 Å². The van der Waals surface area contributed by atoms with Crippen molar-refractivity contribution in [1.82, 2.24) is 0 Å². The summed E-state index contributed by atoms with van der Waals surface area (Å²) in [5.41, 5.74) is 0. The lowest BCUT2D eigenvalue weighted by molar-refractivity contribution is -0.161. The third-order valence-electron chi connectivity index (χ3n) is 6.58. The van der Waals surface area contributed by atoms with Gasteiger partial charge in [0.2, 0.25) is 0 Å². The average molecular weight is 437 g/mol. The van der Waals surface area contributed by atoms with Crippen LogP contribution in [0.1, 0.15) is 129 Å². The van der Waals surface area contributed by atoms with Gasteiger partial charge in [-0.25, -0.2) is 0 Å². The monoisotopic (exact) mass is 436 g/mol. The lowest BCUT2D eigenvalue weighted by Gasteiger charge is -2.25. The Hall–Kier alpha value is -1.32. The number of rotatable bonds is 19. The standard InChI is InChI=1S/C27H48O4/c1-3-4-5-6-7-8-9-10-11-12-13-14-15-16-17-20-23(2)31-27(30)25-22-19-18-21-24(25)26(28)29/h18-19,23-25H,3-17,20-22H2,1-2H3,(H,28,29). The van der Waals surface area contributed by atoms with Gasteiger partial charge in [0.15, 0.2) is 0 Å². The third kappa shape index (κ3) is 13.6. The van der Waals surface area contributed by atoms with Crippen LogP contribution in [0.3, 0.4) is 0 Å². The Labute approximate surface area is 191 Å². The second kappa shape index (κ2) is 18.3. The molecule has 0 spiro atoms. The molecule has 0 saturated heterocycles. The molecule has 1 aliphatic carbocycles. The maximum atomic E-state index is 12.4. The first kappa shape index (κ1) is 27.7. The molecule has 3 unspecified atom stereocenters. The van der Waals surface area contributed by atoms with Gasteiger partial charge < -0.3 is 9.84 Å². The number of aliphatic carboxylic acids is 1. The number of carbonyl (C=O) groups excluding carboxylic acids is 1. The molecule has 1 rings (SSSR count). The van der Waals surface area contributed by atoms with Crippen LogP contribution in [0.25, 0.3) is 0 Å². The molecule has 0 aromatic rings. The Morgan fingerprint density at radius 3 is 1.65 bits per heavy atom. The first-order chi connectivity index (χ1) is 15.1. The highest BCUT2D eigenvalue weighted by atomic mass is 16.5. The lowest BCUT2D eigenvalue weighted by Crippen LogP contribution is -2.33. The molecule has 0 aromatic heterocycles. The fourth-order valence-corrected chi connectivity index (χ4v) is 4.50. The van der Waals surface area contributed by atoms with Crippen LogP contribution in [0, 0.1) is 11.8 Å². The number of esters is 1. The Kier molecular flexibility index (Phi) is 16.3. The number of hydrogen-bond acceptors (Lipinski definition) is 3. The van der Waals surface area contributed by atoms with E-state index in [4.69, 9.17) is 4.74 Å². The molecular formula is C27H48O4. The van der Waals surface area contributed by atoms with Crippen LogP contribution >= 0.6 is 0 Å². The van der Waals surface area contributed by atoms with Crippen molar-refractivity contribution in [1.29, 1.82) is 0 Å². The zero-order valence-electron chi connectivity index (χ0n) is 20.3. The van der Waals surface area contributed by atoms with Gasteiger partial charge in [0.1, 0.15) is 0 Å². The summed E-state index contributed by atoms with van der Waals surface area (Å²) in [5.74, 6) is -2.42. The smallest absolute Gasteiger partial charge is 0.310 e. The van der Waals surface area contributed by atoms with Gasteiger partial charge >= 0.3 is 11.9 Å². The summed E-state index contributed by atoms with van der Waals surface area (Å²) in [6.07, 6.45) is 25.5. The fourth-order valence-electron chi connectivity index (χ4n) is 4.50. The van der Waals surface area contributed by atoms with Crippen LogP contribution in [0.4, 0.5) is 0 Å². The van der Waals surface area contributed by atoms with E-state index in [1.807, 2.05) is 19.1 Å². The summed E-state index contributed by atoms with van der Waals surface area (Å²) in [4.78, 5) is 23.7. The Bertz CT molecular complexity index is 499. The Morgan fingerprint density at radius 1 is 0.774 bits per heavy atom. The van der Waals surface area contributed by atoms with Crippen LogP contribution in [0.2, 0.25) is 0 Å². The molecule has 4 heteroatoms. The quantitative estimate of drug-likeness (QED) is 0.127. The molecule has 1 N–H and O–H groups in total. The van der Waals surface area contributed by atoms with Crippen molar-refractivity contribution in [3.05, 3.63) is 12.2 Å². The third-order valence-corrected chi connectivity index (χ3v) is 6.58. The molecule has 0 amide bonds. The Morgan fingerprint density at radius 2 is 1.19 bits per heavy atom. The number of carbonyl (C=O) groups is 2. The first-order valence-electron chi connectivity index (χ1n) is 13.1. The number of allylic oxidation sites excluding steroid dienone is 2. The highest BCUT2D eigenvalue weighted by Crippen LogP contribution is 2.27. The van der Waals surface area contributed by atoms with Crippen molar-refractivity contribution in [2.45, 2.75) is 136 Å². The predicted octanol–water partition coefficient (Wildman–Crippen LogP) is 7.85. The molecule has 0 saturated carbocycles. The summed E-state index contributed by atoms with van der Waals surface area (Å²) in [5, 5.41) is 9.30. The van der Waals surface area contributed by atoms with Gasteiger partial charge in [-0.3, -0.25) is 9.59 Å². The maximum Gasteiger partial charge on any atom is 0.310 e. The molecule has 0 fully saturated rings. The summed E-state index contributed by atoms with van der Waals surface area (Å²) < 4.78 is 5.55. The fraction of sp³-hybridized carbons (Fsp3) is 0.852. The van der Waals surface area contributed by atoms with Crippen LogP contribution in [0.15, 0.2) is 12.2 Å². The predicted molar refractivity (Wildman–Crippen MR) is 128 cm³/mol. The van der Waals surface area contributed by atoms with Gasteiger partial charge in [-0.15, -0.1) is 0 Å². The number of carboxylic acid groups (broad SMARTS) is 1. The van der Waals surface area contributed by atoms with Crippen LogP contribution in [-0.2, 0) is 14.3 Å². The van der Waals surface area contributed by atoms with E-state index in [-0.39, 0.29) is 12.1 Å². The molecule has 0 heterocycles. The zero-order chi connectivity index (χ0) is 22.7. The van der Waals surface area contributed by atoms with Gasteiger partial charge in [-0.2, -0.15) is 0 Å². The van der Waals surface area contributed by atoms with E-state index in [1.54, 1.807) is 0 Å². The van der Waals surface area contributed by atoms with E-state index in [2.05, 4.69) is 6.92 Å². The Balaban J connectivity index is 1.93. The van der Waals surface area contributed by atoms with Crippen LogP contribution in [-0.4, -0.2) is 23.1 Å². The molecule has 0 radical (unpaired) electrons. The molecule has 4 nitrogen and oxygen atoms in total. The second-order valence-electron chi connectivity index (χ2n) is 9.48. The summed E-state index contributed by atoms with van der Waals surface area (Å²) in [7, 11) is 0. The van der Waals surface area contributed by atoms with Gasteiger partial charge in [0, 0.05) is 0 Å². The molecule has 0 bridgehead atoms. The van der Waals surface area contributed by atoms with E-state index in [0.29, 0.717) is 12.8 Å². The molecule has 0 aliphatic heterocycles. The molecular weight excluding hydrogens is 388 g/mol. The van der Waals surface area contributed by atoms with Gasteiger partial charge in [0.05, 0.1) is 17.9 Å². The summed E-state index contributed by atoms with van der Waals surface area (Å²) in [6.45, 7) is 4.20. The van der Waals surface area contributed by atoms with Crippen molar-refractivity contribution in [3.63, 3.8) is 0 Å². The van der Waals surface area contributed by atoms with E-state index in [9.17, 15) is 14.7 Å². The van der Waals surface area contributed by atoms with Crippen molar-refractivity contribution in [2.75, 3.05) is 0 Å². The first-order valence-corrected chi connectivity index (χ1v) is 13.1. The molecule has 180 valence electrons. The number of ether oxygens (including phenoxy) is 1. The zero-order valence-corrected chi connectivity index (χ0v) is 20.3. The van der Waals surface area contributed by atoms with E-state index in [0.717, 1.165) is 12.8 Å². The topological polar surface area (TPSA) is 63.6 Å². The number of hydrogen-bond donors (Lipinski definition) is 1. The van der Waals surface area contributed by atoms with Gasteiger partial charge in [0.25, 0.3) is 0 Å². The lowest BCUT2D eigenvalue weighted by atomic mass is 9.83. The second-order valence-corrected chi connectivity index (χ2v) is 9.48. The van der Waals surface area contributed by atoms with Crippen molar-refractivity contribution < 1.29 is 19.4 Å². The molecule has 31 heavy (non-hydrogen) atoms. The number of unbranched alkanes of at least 4 members (excludes halogenated alkanes) is 14. The highest BCUT2D eigenvalue weighted by Gasteiger charge is 2.35. The van der Waals surface area contributed by atoms with Gasteiger partial charge in [-0.05, 0) is 32.6 Å². The maximum absolute atomic E-state index is 12.4. The van der Waals surface area contributed by atoms with Crippen LogP contribution in [0.5, 0.6) is 0 Å². The SMILES string of the molecule is CCCCCCCCCCCCCCCCCC(C)OC(=O)C1CC=CCC1C(=O)O. The average Bonchev–Trinajstić information content (AvgIpc) is 2.76. The van der Waals surface area contributed by atoms with Crippen LogP contribution < -0.4 is 0 Å². The molecule has 1 aliphatic rings. The minimum Gasteiger partial charge on any atom is -0.481 e. The molecule has 3 atom stereocenters. The summed E-state index contributed by atoms with van der Waals surface area (Å²) >= 11 is 0. The highest BCUT2D eigenvalue weighted by molar-refractivity contribution is 5.81. The number of carboxylic acids is 1. The van der Waals surface area contributed by atoms with Crippen molar-refractivity contribution in [2.24, 2.45) is 11.8 Å². The minimum atomic E-state index is -0.902. The van der Waals surface area contributed by atoms with E-state index in [1.165, 1.54) is 89.9 Å². The summed E-state index contributed by atoms with van der Waals surface area (Å²) in [6, 6.07) is 0. The van der Waals surface area contributed by atoms with E-state index < -0.39 is 17.8 Å². The normalized spacial score (nSPS) is 19.3. The van der Waals surface area contributed by atoms with Crippen molar-refractivity contribution in [3.8, 4) is 0 Å². The molecule has 0 aromatic carbocycles. The van der Waals surface area contributed by atoms with E-state index >= 15 is 0 Å². The van der Waals surface area contributed by atoms with Crippen molar-refractivity contribution >= 4 is 11.9 Å².